The van der Waals surface area contributed by atoms with Gasteiger partial charge in [0.2, 0.25) is 0 Å². The first-order chi connectivity index (χ1) is 8.60. The predicted octanol–water partition coefficient (Wildman–Crippen LogP) is 2.54. The summed E-state index contributed by atoms with van der Waals surface area (Å²) < 4.78 is 0.988. The van der Waals surface area contributed by atoms with Crippen molar-refractivity contribution in [3.05, 3.63) is 44.3 Å². The third-order valence-corrected chi connectivity index (χ3v) is 4.15. The summed E-state index contributed by atoms with van der Waals surface area (Å²) in [5.41, 5.74) is 11.6. The normalized spacial score (nSPS) is 12.6. The first-order valence-corrected chi connectivity index (χ1v) is 7.19. The fourth-order valence-corrected chi connectivity index (χ4v) is 2.97. The molecule has 6 heteroatoms. The molecule has 0 bridgehead atoms. The van der Waals surface area contributed by atoms with E-state index in [4.69, 9.17) is 11.6 Å². The standard InChI is InChI=1S/C12H15BrN4S/c1-7-6-18-12(16-7)5-11(17-15)9-4-8(13)2-3-10(9)14/h2-4,6,11,17H,5,14-15H2,1H3. The molecule has 0 radical (unpaired) electrons. The maximum atomic E-state index is 5.99. The van der Waals surface area contributed by atoms with Crippen molar-refractivity contribution in [3.8, 4) is 0 Å². The Labute approximate surface area is 119 Å². The van der Waals surface area contributed by atoms with E-state index in [2.05, 4.69) is 26.3 Å². The molecule has 0 aliphatic carbocycles. The maximum Gasteiger partial charge on any atom is 0.0947 e. The lowest BCUT2D eigenvalue weighted by Crippen LogP contribution is -2.30. The third kappa shape index (κ3) is 3.08. The summed E-state index contributed by atoms with van der Waals surface area (Å²) in [5.74, 6) is 5.63. The van der Waals surface area contributed by atoms with Gasteiger partial charge in [0, 0.05) is 27.7 Å². The Morgan fingerprint density at radius 2 is 2.28 bits per heavy atom. The molecule has 0 amide bonds. The van der Waals surface area contributed by atoms with Crippen molar-refractivity contribution in [3.63, 3.8) is 0 Å². The minimum absolute atomic E-state index is 0.0342. The molecule has 1 aromatic carbocycles. The lowest BCUT2D eigenvalue weighted by atomic mass is 10.0. The third-order valence-electron chi connectivity index (χ3n) is 2.67. The van der Waals surface area contributed by atoms with Crippen LogP contribution in [0.1, 0.15) is 22.3 Å². The van der Waals surface area contributed by atoms with Crippen molar-refractivity contribution in [1.82, 2.24) is 10.4 Å². The molecule has 1 heterocycles. The highest BCUT2D eigenvalue weighted by Gasteiger charge is 2.15. The van der Waals surface area contributed by atoms with Gasteiger partial charge in [-0.1, -0.05) is 15.9 Å². The van der Waals surface area contributed by atoms with Crippen LogP contribution in [-0.4, -0.2) is 4.98 Å². The van der Waals surface area contributed by atoms with Crippen LogP contribution in [-0.2, 0) is 6.42 Å². The van der Waals surface area contributed by atoms with Crippen LogP contribution in [0.15, 0.2) is 28.1 Å². The lowest BCUT2D eigenvalue weighted by molar-refractivity contribution is 0.551. The van der Waals surface area contributed by atoms with E-state index in [9.17, 15) is 0 Å². The van der Waals surface area contributed by atoms with Crippen LogP contribution in [0.4, 0.5) is 5.69 Å². The quantitative estimate of drug-likeness (QED) is 0.458. The summed E-state index contributed by atoms with van der Waals surface area (Å²) in [6.07, 6.45) is 0.732. The highest BCUT2D eigenvalue weighted by molar-refractivity contribution is 9.10. The molecule has 5 N–H and O–H groups in total. The lowest BCUT2D eigenvalue weighted by Gasteiger charge is -2.17. The van der Waals surface area contributed by atoms with Gasteiger partial charge in [-0.05, 0) is 30.7 Å². The number of nitrogens with zero attached hydrogens (tertiary/aromatic N) is 1. The largest absolute Gasteiger partial charge is 0.398 e. The highest BCUT2D eigenvalue weighted by Crippen LogP contribution is 2.27. The van der Waals surface area contributed by atoms with Crippen LogP contribution >= 0.6 is 27.3 Å². The number of nitrogen functional groups attached to an aromatic ring is 1. The molecular weight excluding hydrogens is 312 g/mol. The van der Waals surface area contributed by atoms with Crippen molar-refractivity contribution >= 4 is 33.0 Å². The SMILES string of the molecule is Cc1csc(CC(NN)c2cc(Br)ccc2N)n1. The number of rotatable bonds is 4. The molecule has 18 heavy (non-hydrogen) atoms. The van der Waals surface area contributed by atoms with Crippen molar-refractivity contribution in [2.24, 2.45) is 5.84 Å². The molecular formula is C12H15BrN4S. The van der Waals surface area contributed by atoms with Gasteiger partial charge in [0.1, 0.15) is 0 Å². The van der Waals surface area contributed by atoms with Gasteiger partial charge in [-0.2, -0.15) is 0 Å². The van der Waals surface area contributed by atoms with Gasteiger partial charge in [-0.25, -0.2) is 4.98 Å². The summed E-state index contributed by atoms with van der Waals surface area (Å²) in [4.78, 5) is 4.45. The highest BCUT2D eigenvalue weighted by atomic mass is 79.9. The van der Waals surface area contributed by atoms with E-state index in [1.165, 1.54) is 0 Å². The van der Waals surface area contributed by atoms with E-state index in [-0.39, 0.29) is 6.04 Å². The fraction of sp³-hybridized carbons (Fsp3) is 0.250. The van der Waals surface area contributed by atoms with E-state index >= 15 is 0 Å². The second-order valence-corrected chi connectivity index (χ2v) is 5.94. The van der Waals surface area contributed by atoms with Crippen LogP contribution in [0.5, 0.6) is 0 Å². The molecule has 0 aliphatic heterocycles. The first-order valence-electron chi connectivity index (χ1n) is 5.52. The number of nitrogens with one attached hydrogen (secondary N) is 1. The predicted molar refractivity (Wildman–Crippen MR) is 79.2 cm³/mol. The second-order valence-electron chi connectivity index (χ2n) is 4.08. The van der Waals surface area contributed by atoms with E-state index in [0.717, 1.165) is 32.8 Å². The van der Waals surface area contributed by atoms with Crippen molar-refractivity contribution in [2.45, 2.75) is 19.4 Å². The molecule has 4 nitrogen and oxygen atoms in total. The summed E-state index contributed by atoms with van der Waals surface area (Å²) >= 11 is 5.08. The molecule has 2 aromatic rings. The van der Waals surface area contributed by atoms with Gasteiger partial charge in [0.15, 0.2) is 0 Å². The molecule has 1 unspecified atom stereocenters. The minimum Gasteiger partial charge on any atom is -0.398 e. The monoisotopic (exact) mass is 326 g/mol. The molecule has 1 aromatic heterocycles. The number of nitrogens with two attached hydrogens (primary N) is 2. The van der Waals surface area contributed by atoms with E-state index in [0.29, 0.717) is 0 Å². The fourth-order valence-electron chi connectivity index (χ4n) is 1.78. The Bertz CT molecular complexity index is 541. The molecule has 0 saturated carbocycles. The van der Waals surface area contributed by atoms with Crippen molar-refractivity contribution < 1.29 is 0 Å². The molecule has 96 valence electrons. The zero-order chi connectivity index (χ0) is 13.1. The summed E-state index contributed by atoms with van der Waals surface area (Å²) in [6, 6.07) is 5.74. The molecule has 2 rings (SSSR count). The zero-order valence-electron chi connectivity index (χ0n) is 9.98. The summed E-state index contributed by atoms with van der Waals surface area (Å²) in [7, 11) is 0. The average Bonchev–Trinajstić information content (AvgIpc) is 2.75. The first kappa shape index (κ1) is 13.5. The zero-order valence-corrected chi connectivity index (χ0v) is 12.4. The molecule has 1 atom stereocenters. The average molecular weight is 327 g/mol. The number of anilines is 1. The minimum atomic E-state index is -0.0342. The van der Waals surface area contributed by atoms with Crippen molar-refractivity contribution in [2.75, 3.05) is 5.73 Å². The number of aromatic nitrogens is 1. The van der Waals surface area contributed by atoms with Crippen LogP contribution in [0.2, 0.25) is 0 Å². The molecule has 0 aliphatic rings. The van der Waals surface area contributed by atoms with Gasteiger partial charge >= 0.3 is 0 Å². The van der Waals surface area contributed by atoms with Gasteiger partial charge in [0.05, 0.1) is 11.0 Å². The number of hydrogen-bond donors (Lipinski definition) is 3. The Balaban J connectivity index is 2.25. The maximum absolute atomic E-state index is 5.99. The number of benzene rings is 1. The Morgan fingerprint density at radius 3 is 2.89 bits per heavy atom. The number of thiazole rings is 1. The number of halogens is 1. The number of aryl methyl sites for hydroxylation is 1. The topological polar surface area (TPSA) is 77.0 Å². The second kappa shape index (κ2) is 5.79. The Kier molecular flexibility index (Phi) is 4.34. The Morgan fingerprint density at radius 1 is 1.50 bits per heavy atom. The number of hydrogen-bond acceptors (Lipinski definition) is 5. The molecule has 0 fully saturated rings. The smallest absolute Gasteiger partial charge is 0.0947 e. The van der Waals surface area contributed by atoms with Gasteiger partial charge < -0.3 is 5.73 Å². The van der Waals surface area contributed by atoms with Crippen LogP contribution in [0.3, 0.4) is 0 Å². The summed E-state index contributed by atoms with van der Waals surface area (Å²) in [6.45, 7) is 1.98. The Hall–Kier alpha value is -0.950. The van der Waals surface area contributed by atoms with Crippen LogP contribution < -0.4 is 17.0 Å². The van der Waals surface area contributed by atoms with Gasteiger partial charge in [-0.15, -0.1) is 11.3 Å². The van der Waals surface area contributed by atoms with E-state index in [1.54, 1.807) is 11.3 Å². The van der Waals surface area contributed by atoms with Gasteiger partial charge in [-0.3, -0.25) is 11.3 Å². The number of hydrazine groups is 1. The van der Waals surface area contributed by atoms with Gasteiger partial charge in [0.25, 0.3) is 0 Å². The van der Waals surface area contributed by atoms with E-state index < -0.39 is 0 Å². The van der Waals surface area contributed by atoms with Crippen molar-refractivity contribution in [1.29, 1.82) is 0 Å². The molecule has 0 saturated heterocycles. The van der Waals surface area contributed by atoms with E-state index in [1.807, 2.05) is 30.5 Å². The van der Waals surface area contributed by atoms with Crippen LogP contribution in [0.25, 0.3) is 0 Å². The van der Waals surface area contributed by atoms with Crippen LogP contribution in [0, 0.1) is 6.92 Å². The molecule has 0 spiro atoms. The summed E-state index contributed by atoms with van der Waals surface area (Å²) in [5, 5.41) is 3.09.